The molecule has 6 heteroatoms. The highest BCUT2D eigenvalue weighted by atomic mass is 16.5. The minimum Gasteiger partial charge on any atom is -0.496 e. The molecule has 0 spiro atoms. The first-order valence-corrected chi connectivity index (χ1v) is 9.70. The number of hydrogen-bond acceptors (Lipinski definition) is 5. The van der Waals surface area contributed by atoms with E-state index in [1.807, 2.05) is 25.1 Å². The van der Waals surface area contributed by atoms with Gasteiger partial charge < -0.3 is 20.1 Å². The number of nitrogens with zero attached hydrogens (tertiary/aromatic N) is 1. The van der Waals surface area contributed by atoms with E-state index in [9.17, 15) is 4.79 Å². The summed E-state index contributed by atoms with van der Waals surface area (Å²) in [5.74, 6) is 0.888. The van der Waals surface area contributed by atoms with Gasteiger partial charge in [-0.05, 0) is 38.9 Å². The molecule has 26 heavy (non-hydrogen) atoms. The first-order valence-electron chi connectivity index (χ1n) is 9.70. The Balaban J connectivity index is 1.72. The smallest absolute Gasteiger partial charge is 0.239 e. The lowest BCUT2D eigenvalue weighted by Crippen LogP contribution is -2.56. The quantitative estimate of drug-likeness (QED) is 0.808. The summed E-state index contributed by atoms with van der Waals surface area (Å²) >= 11 is 0. The molecule has 3 rings (SSSR count). The van der Waals surface area contributed by atoms with Crippen LogP contribution in [0.5, 0.6) is 5.75 Å². The van der Waals surface area contributed by atoms with Gasteiger partial charge in [0.1, 0.15) is 11.8 Å². The number of para-hydroxylation sites is 1. The van der Waals surface area contributed by atoms with Crippen LogP contribution in [0, 0.1) is 0 Å². The van der Waals surface area contributed by atoms with E-state index in [1.165, 1.54) is 19.3 Å². The summed E-state index contributed by atoms with van der Waals surface area (Å²) < 4.78 is 11.2. The highest BCUT2D eigenvalue weighted by molar-refractivity contribution is 5.82. The van der Waals surface area contributed by atoms with E-state index in [1.54, 1.807) is 7.11 Å². The Kier molecular flexibility index (Phi) is 6.88. The molecule has 2 heterocycles. The minimum absolute atomic E-state index is 0.00843. The third kappa shape index (κ3) is 4.55. The second-order valence-corrected chi connectivity index (χ2v) is 7.11. The predicted molar refractivity (Wildman–Crippen MR) is 101 cm³/mol. The Morgan fingerprint density at radius 2 is 2.12 bits per heavy atom. The minimum atomic E-state index is -0.288. The Hall–Kier alpha value is -1.63. The molecule has 6 nitrogen and oxygen atoms in total. The molecule has 0 bridgehead atoms. The molecule has 2 fully saturated rings. The Morgan fingerprint density at radius 3 is 2.85 bits per heavy atom. The third-order valence-corrected chi connectivity index (χ3v) is 5.40. The summed E-state index contributed by atoms with van der Waals surface area (Å²) in [7, 11) is 1.70. The molecule has 0 aliphatic carbocycles. The van der Waals surface area contributed by atoms with Gasteiger partial charge in [0.15, 0.2) is 0 Å². The molecule has 0 saturated carbocycles. The van der Waals surface area contributed by atoms with Crippen molar-refractivity contribution in [2.24, 2.45) is 0 Å². The molecule has 2 aliphatic heterocycles. The van der Waals surface area contributed by atoms with E-state index in [0.29, 0.717) is 19.7 Å². The molecular formula is C20H31N3O3. The monoisotopic (exact) mass is 361 g/mol. The van der Waals surface area contributed by atoms with E-state index >= 15 is 0 Å². The normalized spacial score (nSPS) is 25.5. The van der Waals surface area contributed by atoms with E-state index in [0.717, 1.165) is 24.4 Å². The highest BCUT2D eigenvalue weighted by Crippen LogP contribution is 2.30. The second kappa shape index (κ2) is 9.35. The van der Waals surface area contributed by atoms with Crippen LogP contribution in [0.1, 0.15) is 37.8 Å². The van der Waals surface area contributed by atoms with Crippen LogP contribution in [-0.4, -0.2) is 62.8 Å². The summed E-state index contributed by atoms with van der Waals surface area (Å²) in [5, 5.41) is 6.41. The van der Waals surface area contributed by atoms with E-state index in [-0.39, 0.29) is 24.1 Å². The van der Waals surface area contributed by atoms with Crippen molar-refractivity contribution in [1.29, 1.82) is 0 Å². The summed E-state index contributed by atoms with van der Waals surface area (Å²) in [5.41, 5.74) is 1.14. The molecule has 1 amide bonds. The predicted octanol–water partition coefficient (Wildman–Crippen LogP) is 1.72. The summed E-state index contributed by atoms with van der Waals surface area (Å²) in [6.45, 7) is 6.00. The summed E-state index contributed by atoms with van der Waals surface area (Å²) in [6, 6.07) is 7.95. The van der Waals surface area contributed by atoms with E-state index in [2.05, 4.69) is 21.6 Å². The number of ether oxygens (including phenoxy) is 2. The number of likely N-dealkylation sites (tertiary alicyclic amines) is 1. The number of morpholine rings is 1. The molecule has 1 aromatic carbocycles. The van der Waals surface area contributed by atoms with Gasteiger partial charge in [-0.2, -0.15) is 0 Å². The maximum Gasteiger partial charge on any atom is 0.239 e. The first kappa shape index (κ1) is 19.1. The Labute approximate surface area is 156 Å². The van der Waals surface area contributed by atoms with Gasteiger partial charge in [-0.1, -0.05) is 24.6 Å². The van der Waals surface area contributed by atoms with Gasteiger partial charge in [0.05, 0.1) is 25.9 Å². The molecule has 2 saturated heterocycles. The van der Waals surface area contributed by atoms with Gasteiger partial charge in [0.25, 0.3) is 0 Å². The highest BCUT2D eigenvalue weighted by Gasteiger charge is 2.30. The molecule has 1 aromatic rings. The van der Waals surface area contributed by atoms with Crippen LogP contribution in [0.3, 0.4) is 0 Å². The van der Waals surface area contributed by atoms with Gasteiger partial charge in [0.2, 0.25) is 5.91 Å². The van der Waals surface area contributed by atoms with Crippen LogP contribution in [0.15, 0.2) is 24.3 Å². The maximum absolute atomic E-state index is 12.7. The zero-order chi connectivity index (χ0) is 18.4. The Bertz CT molecular complexity index is 589. The average Bonchev–Trinajstić information content (AvgIpc) is 2.69. The van der Waals surface area contributed by atoms with Gasteiger partial charge in [-0.15, -0.1) is 0 Å². The van der Waals surface area contributed by atoms with Gasteiger partial charge in [-0.3, -0.25) is 9.69 Å². The number of methoxy groups -OCH3 is 1. The van der Waals surface area contributed by atoms with Crippen molar-refractivity contribution >= 4 is 5.91 Å². The summed E-state index contributed by atoms with van der Waals surface area (Å²) in [4.78, 5) is 15.1. The van der Waals surface area contributed by atoms with Crippen molar-refractivity contribution < 1.29 is 14.3 Å². The molecule has 2 aliphatic rings. The number of nitrogens with one attached hydrogen (secondary N) is 2. The van der Waals surface area contributed by atoms with Crippen LogP contribution < -0.4 is 15.4 Å². The lowest BCUT2D eigenvalue weighted by Gasteiger charge is -2.36. The number of benzene rings is 1. The molecule has 1 unspecified atom stereocenters. The van der Waals surface area contributed by atoms with Gasteiger partial charge in [-0.25, -0.2) is 0 Å². The fourth-order valence-electron chi connectivity index (χ4n) is 3.94. The number of hydrogen-bond donors (Lipinski definition) is 2. The van der Waals surface area contributed by atoms with Crippen molar-refractivity contribution in [2.75, 3.05) is 39.9 Å². The van der Waals surface area contributed by atoms with Crippen LogP contribution in [-0.2, 0) is 9.53 Å². The number of carbonyl (C=O) groups is 1. The number of rotatable bonds is 6. The lowest BCUT2D eigenvalue weighted by atomic mass is 10.00. The standard InChI is InChI=1S/C20H31N3O3/c1-15-19(21-10-13-26-15)20(24)22-14-17(23-11-6-3-7-12-23)16-8-4-5-9-18(16)25-2/h4-5,8-9,15,17,19,21H,3,6-7,10-14H2,1-2H3,(H,22,24)/t15-,17?,19+/m1/s1. The largest absolute Gasteiger partial charge is 0.496 e. The molecule has 0 aromatic heterocycles. The van der Waals surface area contributed by atoms with Crippen molar-refractivity contribution in [3.05, 3.63) is 29.8 Å². The first-order chi connectivity index (χ1) is 12.7. The number of carbonyl (C=O) groups excluding carboxylic acids is 1. The van der Waals surface area contributed by atoms with Gasteiger partial charge >= 0.3 is 0 Å². The molecular weight excluding hydrogens is 330 g/mol. The zero-order valence-corrected chi connectivity index (χ0v) is 15.9. The Morgan fingerprint density at radius 1 is 1.35 bits per heavy atom. The third-order valence-electron chi connectivity index (χ3n) is 5.40. The number of amides is 1. The molecule has 2 N–H and O–H groups in total. The van der Waals surface area contributed by atoms with Crippen molar-refractivity contribution in [3.8, 4) is 5.75 Å². The fraction of sp³-hybridized carbons (Fsp3) is 0.650. The van der Waals surface area contributed by atoms with E-state index < -0.39 is 0 Å². The number of piperidine rings is 1. The molecule has 3 atom stereocenters. The topological polar surface area (TPSA) is 62.8 Å². The SMILES string of the molecule is COc1ccccc1C(CNC(=O)[C@H]1NCCO[C@@H]1C)N1CCCCC1. The zero-order valence-electron chi connectivity index (χ0n) is 15.9. The second-order valence-electron chi connectivity index (χ2n) is 7.11. The van der Waals surface area contributed by atoms with Crippen LogP contribution in [0.25, 0.3) is 0 Å². The average molecular weight is 361 g/mol. The van der Waals surface area contributed by atoms with Crippen molar-refractivity contribution in [1.82, 2.24) is 15.5 Å². The maximum atomic E-state index is 12.7. The fourth-order valence-corrected chi connectivity index (χ4v) is 3.94. The van der Waals surface area contributed by atoms with Gasteiger partial charge in [0, 0.05) is 18.7 Å². The van der Waals surface area contributed by atoms with Crippen molar-refractivity contribution in [2.45, 2.75) is 44.4 Å². The van der Waals surface area contributed by atoms with Crippen LogP contribution in [0.2, 0.25) is 0 Å². The van der Waals surface area contributed by atoms with Crippen LogP contribution in [0.4, 0.5) is 0 Å². The van der Waals surface area contributed by atoms with Crippen LogP contribution >= 0.6 is 0 Å². The van der Waals surface area contributed by atoms with Crippen molar-refractivity contribution in [3.63, 3.8) is 0 Å². The van der Waals surface area contributed by atoms with E-state index in [4.69, 9.17) is 9.47 Å². The molecule has 144 valence electrons. The molecule has 0 radical (unpaired) electrons. The lowest BCUT2D eigenvalue weighted by molar-refractivity contribution is -0.129. The summed E-state index contributed by atoms with van der Waals surface area (Å²) in [6.07, 6.45) is 3.58.